The van der Waals surface area contributed by atoms with E-state index in [-0.39, 0.29) is 16.7 Å². The maximum atomic E-state index is 12.5. The number of carbonyl (C=O) groups excluding carboxylic acids is 1. The van der Waals surface area contributed by atoms with Crippen LogP contribution < -0.4 is 10.0 Å². The number of hydrogen-bond acceptors (Lipinski definition) is 6. The molecule has 0 aliphatic carbocycles. The molecule has 3 rings (SSSR count). The molecular weight excluding hydrogens is 434 g/mol. The van der Waals surface area contributed by atoms with Gasteiger partial charge in [-0.2, -0.15) is 0 Å². The molecular formula is C19H18ClN3O4S2. The van der Waals surface area contributed by atoms with Crippen molar-refractivity contribution in [1.29, 1.82) is 0 Å². The Bertz CT molecular complexity index is 1150. The Labute approximate surface area is 177 Å². The van der Waals surface area contributed by atoms with Crippen molar-refractivity contribution < 1.29 is 17.7 Å². The minimum Gasteiger partial charge on any atom is -0.354 e. The first-order valence-corrected chi connectivity index (χ1v) is 11.2. The second kappa shape index (κ2) is 8.91. The molecule has 29 heavy (non-hydrogen) atoms. The molecule has 2 aromatic heterocycles. The third-order valence-electron chi connectivity index (χ3n) is 3.84. The zero-order valence-electron chi connectivity index (χ0n) is 15.6. The number of amides is 1. The number of rotatable bonds is 7. The first-order valence-electron chi connectivity index (χ1n) is 8.50. The molecule has 2 N–H and O–H groups in total. The standard InChI is InChI=1S/C19H18ClN3O4S2/c1-12-19(22-13(2)24)17(27-23-12)9-7-16-8-10-18(28-16)29(25,26)21-11-14-3-5-15(20)6-4-14/h3-10,21H,11H2,1-2H3,(H,22,24). The first-order chi connectivity index (χ1) is 13.7. The second-order valence-electron chi connectivity index (χ2n) is 6.13. The van der Waals surface area contributed by atoms with Crippen LogP contribution in [-0.2, 0) is 21.4 Å². The Balaban J connectivity index is 1.70. The monoisotopic (exact) mass is 451 g/mol. The van der Waals surface area contributed by atoms with Gasteiger partial charge in [-0.25, -0.2) is 13.1 Å². The highest BCUT2D eigenvalue weighted by atomic mass is 35.5. The molecule has 1 amide bonds. The molecule has 0 fully saturated rings. The minimum atomic E-state index is -3.64. The van der Waals surface area contributed by atoms with E-state index in [1.54, 1.807) is 49.4 Å². The number of nitrogens with zero attached hydrogens (tertiary/aromatic N) is 1. The number of halogens is 1. The van der Waals surface area contributed by atoms with Crippen LogP contribution in [0.4, 0.5) is 5.69 Å². The van der Waals surface area contributed by atoms with Gasteiger partial charge in [0.05, 0.1) is 0 Å². The molecule has 2 heterocycles. The van der Waals surface area contributed by atoms with Crippen molar-refractivity contribution in [1.82, 2.24) is 9.88 Å². The SMILES string of the molecule is CC(=O)Nc1c(C)noc1C=Cc1ccc(S(=O)(=O)NCc2ccc(Cl)cc2)s1. The largest absolute Gasteiger partial charge is 0.354 e. The van der Waals surface area contributed by atoms with Crippen molar-refractivity contribution in [2.75, 3.05) is 5.32 Å². The molecule has 0 aliphatic rings. The number of hydrogen-bond donors (Lipinski definition) is 2. The summed E-state index contributed by atoms with van der Waals surface area (Å²) < 4.78 is 33.0. The van der Waals surface area contributed by atoms with Gasteiger partial charge in [-0.3, -0.25) is 4.79 Å². The molecule has 0 atom stereocenters. The van der Waals surface area contributed by atoms with Gasteiger partial charge in [-0.1, -0.05) is 28.9 Å². The summed E-state index contributed by atoms with van der Waals surface area (Å²) in [5.41, 5.74) is 1.85. The van der Waals surface area contributed by atoms with Gasteiger partial charge in [0.15, 0.2) is 5.76 Å². The highest BCUT2D eigenvalue weighted by Crippen LogP contribution is 2.26. The van der Waals surface area contributed by atoms with E-state index in [1.807, 2.05) is 0 Å². The lowest BCUT2D eigenvalue weighted by molar-refractivity contribution is -0.114. The molecule has 0 saturated carbocycles. The van der Waals surface area contributed by atoms with Gasteiger partial charge in [-0.15, -0.1) is 11.3 Å². The van der Waals surface area contributed by atoms with Crippen molar-refractivity contribution in [2.45, 2.75) is 24.6 Å². The van der Waals surface area contributed by atoms with Crippen LogP contribution in [0, 0.1) is 6.92 Å². The Morgan fingerprint density at radius 1 is 1.21 bits per heavy atom. The Hall–Kier alpha value is -2.46. The van der Waals surface area contributed by atoms with E-state index < -0.39 is 10.0 Å². The van der Waals surface area contributed by atoms with Crippen LogP contribution >= 0.6 is 22.9 Å². The summed E-state index contributed by atoms with van der Waals surface area (Å²) in [6, 6.07) is 10.2. The highest BCUT2D eigenvalue weighted by Gasteiger charge is 2.16. The number of aryl methyl sites for hydroxylation is 1. The van der Waals surface area contributed by atoms with Gasteiger partial charge < -0.3 is 9.84 Å². The van der Waals surface area contributed by atoms with Crippen LogP contribution in [-0.4, -0.2) is 19.5 Å². The molecule has 0 spiro atoms. The summed E-state index contributed by atoms with van der Waals surface area (Å²) in [5, 5.41) is 7.09. The maximum Gasteiger partial charge on any atom is 0.250 e. The molecule has 10 heteroatoms. The van der Waals surface area contributed by atoms with Gasteiger partial charge >= 0.3 is 0 Å². The molecule has 0 saturated heterocycles. The number of carbonyl (C=O) groups is 1. The zero-order valence-corrected chi connectivity index (χ0v) is 18.0. The van der Waals surface area contributed by atoms with Crippen LogP contribution in [0.25, 0.3) is 12.2 Å². The average molecular weight is 452 g/mol. The van der Waals surface area contributed by atoms with Crippen LogP contribution in [0.15, 0.2) is 45.1 Å². The van der Waals surface area contributed by atoms with Gasteiger partial charge in [0.25, 0.3) is 0 Å². The van der Waals surface area contributed by atoms with Crippen molar-refractivity contribution in [3.63, 3.8) is 0 Å². The number of aromatic nitrogens is 1. The smallest absolute Gasteiger partial charge is 0.250 e. The quantitative estimate of drug-likeness (QED) is 0.557. The lowest BCUT2D eigenvalue weighted by Crippen LogP contribution is -2.22. The number of anilines is 1. The van der Waals surface area contributed by atoms with Gasteiger partial charge in [0.1, 0.15) is 15.6 Å². The summed E-state index contributed by atoms with van der Waals surface area (Å²) in [7, 11) is -3.64. The fourth-order valence-electron chi connectivity index (χ4n) is 2.41. The fourth-order valence-corrected chi connectivity index (χ4v) is 4.82. The first kappa shape index (κ1) is 21.3. The van der Waals surface area contributed by atoms with Gasteiger partial charge in [-0.05, 0) is 48.9 Å². The number of thiophene rings is 1. The predicted octanol–water partition coefficient (Wildman–Crippen LogP) is 4.31. The third kappa shape index (κ3) is 5.54. The molecule has 152 valence electrons. The van der Waals surface area contributed by atoms with Crippen molar-refractivity contribution in [2.24, 2.45) is 0 Å². The average Bonchev–Trinajstić information content (AvgIpc) is 3.28. The lowest BCUT2D eigenvalue weighted by Gasteiger charge is -2.04. The van der Waals surface area contributed by atoms with Crippen LogP contribution in [0.5, 0.6) is 0 Å². The van der Waals surface area contributed by atoms with Crippen molar-refractivity contribution >= 4 is 56.7 Å². The minimum absolute atomic E-state index is 0.167. The predicted molar refractivity (Wildman–Crippen MR) is 114 cm³/mol. The molecule has 0 radical (unpaired) electrons. The maximum absolute atomic E-state index is 12.5. The fraction of sp³-hybridized carbons (Fsp3) is 0.158. The van der Waals surface area contributed by atoms with Crippen molar-refractivity contribution in [3.8, 4) is 0 Å². The zero-order chi connectivity index (χ0) is 21.0. The van der Waals surface area contributed by atoms with Gasteiger partial charge in [0, 0.05) is 23.4 Å². The van der Waals surface area contributed by atoms with E-state index in [0.29, 0.717) is 27.0 Å². The summed E-state index contributed by atoms with van der Waals surface area (Å²) in [4.78, 5) is 12.0. The van der Waals surface area contributed by atoms with Crippen LogP contribution in [0.3, 0.4) is 0 Å². The van der Waals surface area contributed by atoms with E-state index in [4.69, 9.17) is 16.1 Å². The molecule has 0 bridgehead atoms. The van der Waals surface area contributed by atoms with Gasteiger partial charge in [0.2, 0.25) is 15.9 Å². The number of benzene rings is 1. The lowest BCUT2D eigenvalue weighted by atomic mass is 10.2. The Kier molecular flexibility index (Phi) is 6.53. The van der Waals surface area contributed by atoms with E-state index >= 15 is 0 Å². The highest BCUT2D eigenvalue weighted by molar-refractivity contribution is 7.91. The molecule has 0 unspecified atom stereocenters. The van der Waals surface area contributed by atoms with E-state index in [9.17, 15) is 13.2 Å². The molecule has 0 aliphatic heterocycles. The van der Waals surface area contributed by atoms with Crippen LogP contribution in [0.1, 0.15) is 28.8 Å². The molecule has 7 nitrogen and oxygen atoms in total. The van der Waals surface area contributed by atoms with E-state index in [1.165, 1.54) is 13.0 Å². The molecule has 1 aromatic carbocycles. The summed E-state index contributed by atoms with van der Waals surface area (Å²) in [6.07, 6.45) is 3.34. The van der Waals surface area contributed by atoms with E-state index in [0.717, 1.165) is 16.9 Å². The summed E-state index contributed by atoms with van der Waals surface area (Å²) in [6.45, 7) is 3.28. The third-order valence-corrected chi connectivity index (χ3v) is 7.03. The second-order valence-corrected chi connectivity index (χ2v) is 9.68. The Morgan fingerprint density at radius 3 is 2.62 bits per heavy atom. The van der Waals surface area contributed by atoms with Crippen molar-refractivity contribution in [3.05, 3.63) is 63.3 Å². The normalized spacial score (nSPS) is 11.8. The number of nitrogens with one attached hydrogen (secondary N) is 2. The Morgan fingerprint density at radius 2 is 1.93 bits per heavy atom. The van der Waals surface area contributed by atoms with Crippen LogP contribution in [0.2, 0.25) is 5.02 Å². The van der Waals surface area contributed by atoms with E-state index in [2.05, 4.69) is 15.2 Å². The summed E-state index contributed by atoms with van der Waals surface area (Å²) in [5.74, 6) is 0.151. The summed E-state index contributed by atoms with van der Waals surface area (Å²) >= 11 is 6.95. The number of sulfonamides is 1. The topological polar surface area (TPSA) is 101 Å². The molecule has 3 aromatic rings.